The molecule has 0 aromatic heterocycles. The number of nitrogens with two attached hydrogens (primary N) is 1. The van der Waals surface area contributed by atoms with Gasteiger partial charge in [-0.15, -0.1) is 0 Å². The smallest absolute Gasteiger partial charge is 0.189 e. The molecule has 2 unspecified atom stereocenters. The van der Waals surface area contributed by atoms with E-state index in [4.69, 9.17) is 10.5 Å². The van der Waals surface area contributed by atoms with Gasteiger partial charge in [0.1, 0.15) is 5.75 Å². The van der Waals surface area contributed by atoms with E-state index in [0.29, 0.717) is 11.9 Å². The van der Waals surface area contributed by atoms with E-state index in [1.807, 2.05) is 18.2 Å². The summed E-state index contributed by atoms with van der Waals surface area (Å²) < 4.78 is 5.69. The molecular formula is C18H26N4O. The molecule has 1 aliphatic carbocycles. The van der Waals surface area contributed by atoms with Gasteiger partial charge in [-0.2, -0.15) is 0 Å². The molecule has 3 N–H and O–H groups in total. The molecule has 1 saturated carbocycles. The summed E-state index contributed by atoms with van der Waals surface area (Å²) in [6, 6.07) is 9.24. The standard InChI is InChI=1S/C18H26N4O/c19-18(20-11-13-7-9-22(12-13)14-5-6-14)21-16-8-10-23-17-4-2-1-3-15(16)17/h1-4,13-14,16H,5-12H2,(H3,19,20,21). The fraction of sp³-hybridized carbons (Fsp3) is 0.611. The summed E-state index contributed by atoms with van der Waals surface area (Å²) in [5, 5.41) is 3.38. The van der Waals surface area contributed by atoms with Crippen LogP contribution in [0.3, 0.4) is 0 Å². The van der Waals surface area contributed by atoms with E-state index >= 15 is 0 Å². The third-order valence-electron chi connectivity index (χ3n) is 5.18. The quantitative estimate of drug-likeness (QED) is 0.658. The Labute approximate surface area is 137 Å². The van der Waals surface area contributed by atoms with Gasteiger partial charge in [0.2, 0.25) is 0 Å². The molecule has 2 heterocycles. The van der Waals surface area contributed by atoms with Crippen molar-refractivity contribution in [1.29, 1.82) is 0 Å². The molecule has 0 bridgehead atoms. The molecule has 5 nitrogen and oxygen atoms in total. The van der Waals surface area contributed by atoms with Crippen LogP contribution in [0.2, 0.25) is 0 Å². The van der Waals surface area contributed by atoms with Crippen molar-refractivity contribution in [3.05, 3.63) is 29.8 Å². The number of hydrogen-bond donors (Lipinski definition) is 2. The summed E-state index contributed by atoms with van der Waals surface area (Å²) in [5.74, 6) is 2.19. The predicted octanol–water partition coefficient (Wildman–Crippen LogP) is 1.90. The number of nitrogens with one attached hydrogen (secondary N) is 1. The van der Waals surface area contributed by atoms with E-state index < -0.39 is 0 Å². The summed E-state index contributed by atoms with van der Waals surface area (Å²) in [4.78, 5) is 7.23. The molecule has 0 amide bonds. The van der Waals surface area contributed by atoms with Gasteiger partial charge in [0.15, 0.2) is 5.96 Å². The maximum Gasteiger partial charge on any atom is 0.189 e. The first-order chi connectivity index (χ1) is 11.3. The van der Waals surface area contributed by atoms with E-state index in [-0.39, 0.29) is 6.04 Å². The highest BCUT2D eigenvalue weighted by Crippen LogP contribution is 2.32. The van der Waals surface area contributed by atoms with E-state index in [1.54, 1.807) is 0 Å². The predicted molar refractivity (Wildman–Crippen MR) is 91.6 cm³/mol. The van der Waals surface area contributed by atoms with Crippen LogP contribution in [-0.2, 0) is 0 Å². The Kier molecular flexibility index (Phi) is 4.12. The van der Waals surface area contributed by atoms with Crippen LogP contribution in [-0.4, -0.2) is 43.1 Å². The highest BCUT2D eigenvalue weighted by atomic mass is 16.5. The minimum absolute atomic E-state index is 0.204. The number of fused-ring (bicyclic) bond motifs is 1. The highest BCUT2D eigenvalue weighted by Gasteiger charge is 2.34. The summed E-state index contributed by atoms with van der Waals surface area (Å²) >= 11 is 0. The largest absolute Gasteiger partial charge is 0.493 e. The van der Waals surface area contributed by atoms with Crippen LogP contribution in [0.25, 0.3) is 0 Å². The van der Waals surface area contributed by atoms with Gasteiger partial charge < -0.3 is 20.7 Å². The Morgan fingerprint density at radius 2 is 2.13 bits per heavy atom. The molecular weight excluding hydrogens is 288 g/mol. The Morgan fingerprint density at radius 1 is 1.26 bits per heavy atom. The van der Waals surface area contributed by atoms with Crippen molar-refractivity contribution < 1.29 is 4.74 Å². The molecule has 2 fully saturated rings. The summed E-state index contributed by atoms with van der Waals surface area (Å²) in [5.41, 5.74) is 7.31. The first-order valence-electron chi connectivity index (χ1n) is 8.82. The average Bonchev–Trinajstić information content (AvgIpc) is 3.32. The molecule has 1 aromatic rings. The van der Waals surface area contributed by atoms with E-state index in [2.05, 4.69) is 21.3 Å². The lowest BCUT2D eigenvalue weighted by molar-refractivity contribution is 0.262. The Hall–Kier alpha value is -1.75. The normalized spacial score (nSPS) is 28.3. The van der Waals surface area contributed by atoms with Crippen molar-refractivity contribution in [3.8, 4) is 5.75 Å². The van der Waals surface area contributed by atoms with Gasteiger partial charge in [-0.05, 0) is 37.8 Å². The monoisotopic (exact) mass is 314 g/mol. The molecule has 0 radical (unpaired) electrons. The fourth-order valence-electron chi connectivity index (χ4n) is 3.73. The Bertz CT molecular complexity index is 584. The van der Waals surface area contributed by atoms with Crippen molar-refractivity contribution >= 4 is 5.96 Å². The second-order valence-electron chi connectivity index (χ2n) is 6.98. The van der Waals surface area contributed by atoms with Gasteiger partial charge in [0.25, 0.3) is 0 Å². The Morgan fingerprint density at radius 3 is 3.00 bits per heavy atom. The molecule has 23 heavy (non-hydrogen) atoms. The third-order valence-corrected chi connectivity index (χ3v) is 5.18. The first kappa shape index (κ1) is 14.8. The molecule has 1 saturated heterocycles. The van der Waals surface area contributed by atoms with Gasteiger partial charge >= 0.3 is 0 Å². The zero-order valence-electron chi connectivity index (χ0n) is 13.6. The van der Waals surface area contributed by atoms with Crippen molar-refractivity contribution in [2.24, 2.45) is 16.6 Å². The lowest BCUT2D eigenvalue weighted by Crippen LogP contribution is -2.37. The first-order valence-corrected chi connectivity index (χ1v) is 8.82. The van der Waals surface area contributed by atoms with Crippen molar-refractivity contribution in [2.75, 3.05) is 26.2 Å². The number of rotatable bonds is 4. The SMILES string of the molecule is NC(=NCC1CCN(C2CC2)C1)NC1CCOc2ccccc21. The fourth-order valence-corrected chi connectivity index (χ4v) is 3.73. The van der Waals surface area contributed by atoms with Gasteiger partial charge in [0.05, 0.1) is 12.6 Å². The molecule has 0 spiro atoms. The number of guanidine groups is 1. The Balaban J connectivity index is 1.32. The number of benzene rings is 1. The number of para-hydroxylation sites is 1. The second-order valence-corrected chi connectivity index (χ2v) is 6.98. The summed E-state index contributed by atoms with van der Waals surface area (Å²) in [6.07, 6.45) is 4.96. The summed E-state index contributed by atoms with van der Waals surface area (Å²) in [7, 11) is 0. The van der Waals surface area contributed by atoms with Crippen LogP contribution in [0.4, 0.5) is 0 Å². The second kappa shape index (κ2) is 6.40. The molecule has 3 aliphatic rings. The number of nitrogens with zero attached hydrogens (tertiary/aromatic N) is 2. The van der Waals surface area contributed by atoms with Gasteiger partial charge in [0, 0.05) is 31.1 Å². The maximum absolute atomic E-state index is 6.13. The van der Waals surface area contributed by atoms with Gasteiger partial charge in [-0.3, -0.25) is 4.99 Å². The van der Waals surface area contributed by atoms with Crippen molar-refractivity contribution in [2.45, 2.75) is 37.8 Å². The maximum atomic E-state index is 6.13. The molecule has 5 heteroatoms. The minimum Gasteiger partial charge on any atom is -0.493 e. The van der Waals surface area contributed by atoms with Crippen LogP contribution in [0, 0.1) is 5.92 Å². The summed E-state index contributed by atoms with van der Waals surface area (Å²) in [6.45, 7) is 4.00. The van der Waals surface area contributed by atoms with Gasteiger partial charge in [-0.25, -0.2) is 0 Å². The molecule has 124 valence electrons. The number of aliphatic imine (C=N–C) groups is 1. The lowest BCUT2D eigenvalue weighted by Gasteiger charge is -2.27. The molecule has 2 aliphatic heterocycles. The average molecular weight is 314 g/mol. The van der Waals surface area contributed by atoms with Crippen LogP contribution in [0.5, 0.6) is 5.75 Å². The minimum atomic E-state index is 0.204. The van der Waals surface area contributed by atoms with E-state index in [9.17, 15) is 0 Å². The van der Waals surface area contributed by atoms with E-state index in [1.165, 1.54) is 37.9 Å². The molecule has 2 atom stereocenters. The number of likely N-dealkylation sites (tertiary alicyclic amines) is 1. The van der Waals surface area contributed by atoms with Crippen LogP contribution >= 0.6 is 0 Å². The number of hydrogen-bond acceptors (Lipinski definition) is 3. The zero-order valence-corrected chi connectivity index (χ0v) is 13.6. The lowest BCUT2D eigenvalue weighted by atomic mass is 10.0. The van der Waals surface area contributed by atoms with E-state index in [0.717, 1.165) is 31.4 Å². The van der Waals surface area contributed by atoms with Crippen LogP contribution in [0.1, 0.15) is 37.3 Å². The topological polar surface area (TPSA) is 62.9 Å². The third kappa shape index (κ3) is 3.44. The van der Waals surface area contributed by atoms with Crippen molar-refractivity contribution in [1.82, 2.24) is 10.2 Å². The molecule has 1 aromatic carbocycles. The van der Waals surface area contributed by atoms with Crippen LogP contribution in [0.15, 0.2) is 29.3 Å². The van der Waals surface area contributed by atoms with Crippen LogP contribution < -0.4 is 15.8 Å². The zero-order chi connectivity index (χ0) is 15.6. The number of ether oxygens (including phenoxy) is 1. The molecule has 4 rings (SSSR count). The highest BCUT2D eigenvalue weighted by molar-refractivity contribution is 5.78. The van der Waals surface area contributed by atoms with Crippen molar-refractivity contribution in [3.63, 3.8) is 0 Å². The van der Waals surface area contributed by atoms with Gasteiger partial charge in [-0.1, -0.05) is 18.2 Å².